The van der Waals surface area contributed by atoms with Gasteiger partial charge in [-0.25, -0.2) is 5.84 Å². The first-order valence-corrected chi connectivity index (χ1v) is 4.46. The van der Waals surface area contributed by atoms with E-state index in [1.807, 2.05) is 5.43 Å². The molecule has 0 aromatic rings. The first-order valence-electron chi connectivity index (χ1n) is 4.46. The number of nitrogens with one attached hydrogen (secondary N) is 1. The van der Waals surface area contributed by atoms with Gasteiger partial charge >= 0.3 is 6.18 Å². The number of hydrogen-bond acceptors (Lipinski definition) is 3. The Morgan fingerprint density at radius 3 is 2.27 bits per heavy atom. The quantitative estimate of drug-likeness (QED) is 0.417. The highest BCUT2D eigenvalue weighted by Crippen LogP contribution is 2.19. The Morgan fingerprint density at radius 2 is 1.93 bits per heavy atom. The average Bonchev–Trinajstić information content (AvgIpc) is 2.11. The lowest BCUT2D eigenvalue weighted by Crippen LogP contribution is -2.47. The van der Waals surface area contributed by atoms with Gasteiger partial charge in [-0.15, -0.1) is 0 Å². The highest BCUT2D eigenvalue weighted by Gasteiger charge is 2.33. The molecule has 0 fully saturated rings. The van der Waals surface area contributed by atoms with Crippen LogP contribution in [0.1, 0.15) is 13.8 Å². The maximum atomic E-state index is 12.0. The first kappa shape index (κ1) is 14.2. The maximum Gasteiger partial charge on any atom is 0.401 e. The van der Waals surface area contributed by atoms with Crippen LogP contribution in [-0.4, -0.2) is 36.6 Å². The van der Waals surface area contributed by atoms with Gasteiger partial charge in [0.2, 0.25) is 5.91 Å². The van der Waals surface area contributed by atoms with E-state index in [1.54, 1.807) is 6.92 Å². The van der Waals surface area contributed by atoms with Crippen molar-refractivity contribution in [3.05, 3.63) is 0 Å². The molecule has 15 heavy (non-hydrogen) atoms. The van der Waals surface area contributed by atoms with Gasteiger partial charge in [0.1, 0.15) is 0 Å². The molecule has 0 aromatic heterocycles. The summed E-state index contributed by atoms with van der Waals surface area (Å²) in [6, 6.07) is -0.532. The van der Waals surface area contributed by atoms with Gasteiger partial charge in [-0.3, -0.25) is 15.1 Å². The van der Waals surface area contributed by atoms with Gasteiger partial charge in [-0.1, -0.05) is 6.92 Å². The summed E-state index contributed by atoms with van der Waals surface area (Å²) in [5, 5.41) is 0. The van der Waals surface area contributed by atoms with E-state index in [1.165, 1.54) is 14.0 Å². The molecule has 0 aromatic carbocycles. The van der Waals surface area contributed by atoms with E-state index in [0.29, 0.717) is 0 Å². The number of alkyl halides is 3. The van der Waals surface area contributed by atoms with Gasteiger partial charge in [0.25, 0.3) is 0 Å². The largest absolute Gasteiger partial charge is 0.401 e. The smallest absolute Gasteiger partial charge is 0.295 e. The monoisotopic (exact) mass is 227 g/mol. The van der Waals surface area contributed by atoms with Gasteiger partial charge in [0.05, 0.1) is 12.5 Å². The molecule has 2 atom stereocenters. The molecule has 2 unspecified atom stereocenters. The molecule has 0 saturated heterocycles. The minimum Gasteiger partial charge on any atom is -0.295 e. The summed E-state index contributed by atoms with van der Waals surface area (Å²) in [4.78, 5) is 12.1. The zero-order valence-corrected chi connectivity index (χ0v) is 8.93. The summed E-state index contributed by atoms with van der Waals surface area (Å²) in [7, 11) is 1.32. The van der Waals surface area contributed by atoms with E-state index in [0.717, 1.165) is 4.90 Å². The third-order valence-electron chi connectivity index (χ3n) is 2.40. The number of hydrazine groups is 1. The lowest BCUT2D eigenvalue weighted by atomic mass is 10.0. The summed E-state index contributed by atoms with van der Waals surface area (Å²) < 4.78 is 36.1. The first-order chi connectivity index (χ1) is 6.69. The fourth-order valence-corrected chi connectivity index (χ4v) is 1.16. The Bertz CT molecular complexity index is 220. The third kappa shape index (κ3) is 4.98. The molecule has 0 aliphatic heterocycles. The number of rotatable bonds is 4. The Balaban J connectivity index is 4.31. The zero-order valence-electron chi connectivity index (χ0n) is 8.93. The van der Waals surface area contributed by atoms with E-state index in [9.17, 15) is 18.0 Å². The van der Waals surface area contributed by atoms with Crippen molar-refractivity contribution >= 4 is 5.91 Å². The summed E-state index contributed by atoms with van der Waals surface area (Å²) in [5.41, 5.74) is 1.92. The van der Waals surface area contributed by atoms with Crippen LogP contribution < -0.4 is 11.3 Å². The van der Waals surface area contributed by atoms with Crippen LogP contribution in [0.15, 0.2) is 0 Å². The molecular formula is C8H16F3N3O. The molecule has 4 nitrogen and oxygen atoms in total. The van der Waals surface area contributed by atoms with E-state index in [-0.39, 0.29) is 0 Å². The highest BCUT2D eigenvalue weighted by atomic mass is 19.4. The molecule has 90 valence electrons. The third-order valence-corrected chi connectivity index (χ3v) is 2.40. The van der Waals surface area contributed by atoms with Crippen LogP contribution in [-0.2, 0) is 4.79 Å². The van der Waals surface area contributed by atoms with Crippen molar-refractivity contribution in [1.29, 1.82) is 0 Å². The van der Waals surface area contributed by atoms with Crippen molar-refractivity contribution in [3.63, 3.8) is 0 Å². The standard InChI is InChI=1S/C8H16F3N3O/c1-5(7(15)13-12)6(2)14(3)4-8(9,10)11/h5-6H,4,12H2,1-3H3,(H,13,15). The van der Waals surface area contributed by atoms with Crippen LogP contribution in [0, 0.1) is 5.92 Å². The van der Waals surface area contributed by atoms with Crippen molar-refractivity contribution in [2.45, 2.75) is 26.1 Å². The fourth-order valence-electron chi connectivity index (χ4n) is 1.16. The van der Waals surface area contributed by atoms with Crippen molar-refractivity contribution in [2.24, 2.45) is 11.8 Å². The highest BCUT2D eigenvalue weighted by molar-refractivity contribution is 5.78. The molecule has 0 bridgehead atoms. The topological polar surface area (TPSA) is 58.4 Å². The number of hydrogen-bond donors (Lipinski definition) is 2. The van der Waals surface area contributed by atoms with Crippen LogP contribution >= 0.6 is 0 Å². The molecule has 0 heterocycles. The fraction of sp³-hybridized carbons (Fsp3) is 0.875. The van der Waals surface area contributed by atoms with E-state index in [2.05, 4.69) is 0 Å². The summed E-state index contributed by atoms with van der Waals surface area (Å²) in [5.74, 6) is 3.83. The number of amides is 1. The minimum atomic E-state index is -4.26. The maximum absolute atomic E-state index is 12.0. The molecule has 1 amide bonds. The lowest BCUT2D eigenvalue weighted by Gasteiger charge is -2.29. The minimum absolute atomic E-state index is 0.475. The van der Waals surface area contributed by atoms with E-state index >= 15 is 0 Å². The molecule has 0 rings (SSSR count). The Hall–Kier alpha value is -0.820. The number of nitrogens with zero attached hydrogens (tertiary/aromatic N) is 1. The molecule has 0 aliphatic rings. The summed E-state index contributed by atoms with van der Waals surface area (Å²) in [6.07, 6.45) is -4.26. The van der Waals surface area contributed by atoms with Gasteiger partial charge in [0, 0.05) is 6.04 Å². The predicted molar refractivity (Wildman–Crippen MR) is 49.6 cm³/mol. The number of carbonyl (C=O) groups excluding carboxylic acids is 1. The second-order valence-corrected chi connectivity index (χ2v) is 3.57. The molecule has 0 aliphatic carbocycles. The average molecular weight is 227 g/mol. The molecule has 0 spiro atoms. The summed E-state index contributed by atoms with van der Waals surface area (Å²) >= 11 is 0. The summed E-state index contributed by atoms with van der Waals surface area (Å²) in [6.45, 7) is 2.03. The van der Waals surface area contributed by atoms with E-state index < -0.39 is 30.6 Å². The van der Waals surface area contributed by atoms with Crippen LogP contribution in [0.4, 0.5) is 13.2 Å². The van der Waals surface area contributed by atoms with Crippen molar-refractivity contribution in [2.75, 3.05) is 13.6 Å². The van der Waals surface area contributed by atoms with Crippen molar-refractivity contribution in [3.8, 4) is 0 Å². The number of halogens is 3. The van der Waals surface area contributed by atoms with E-state index in [4.69, 9.17) is 5.84 Å². The molecule has 7 heteroatoms. The van der Waals surface area contributed by atoms with Gasteiger partial charge in [-0.05, 0) is 14.0 Å². The molecule has 3 N–H and O–H groups in total. The predicted octanol–water partition coefficient (Wildman–Crippen LogP) is 0.495. The second kappa shape index (κ2) is 5.32. The van der Waals surface area contributed by atoms with Crippen LogP contribution in [0.2, 0.25) is 0 Å². The number of carbonyl (C=O) groups is 1. The van der Waals surface area contributed by atoms with Gasteiger partial charge in [-0.2, -0.15) is 13.2 Å². The van der Waals surface area contributed by atoms with Crippen molar-refractivity contribution < 1.29 is 18.0 Å². The Kier molecular flexibility index (Phi) is 5.02. The Labute approximate surface area is 86.6 Å². The van der Waals surface area contributed by atoms with Crippen molar-refractivity contribution in [1.82, 2.24) is 10.3 Å². The van der Waals surface area contributed by atoms with Gasteiger partial charge < -0.3 is 0 Å². The van der Waals surface area contributed by atoms with Gasteiger partial charge in [0.15, 0.2) is 0 Å². The van der Waals surface area contributed by atoms with Crippen LogP contribution in [0.5, 0.6) is 0 Å². The second-order valence-electron chi connectivity index (χ2n) is 3.57. The Morgan fingerprint density at radius 1 is 1.47 bits per heavy atom. The molecule has 0 radical (unpaired) electrons. The zero-order chi connectivity index (χ0) is 12.2. The SMILES string of the molecule is CC(C(=O)NN)C(C)N(C)CC(F)(F)F. The van der Waals surface area contributed by atoms with Crippen LogP contribution in [0.3, 0.4) is 0 Å². The molecular weight excluding hydrogens is 211 g/mol. The molecule has 0 saturated carbocycles. The normalized spacial score (nSPS) is 16.3. The van der Waals surface area contributed by atoms with Crippen LogP contribution in [0.25, 0.3) is 0 Å². The lowest BCUT2D eigenvalue weighted by molar-refractivity contribution is -0.151. The number of nitrogens with two attached hydrogens (primary N) is 1.